The van der Waals surface area contributed by atoms with Crippen LogP contribution in [0.1, 0.15) is 39.2 Å². The molecule has 1 saturated heterocycles. The van der Waals surface area contributed by atoms with Gasteiger partial charge in [0, 0.05) is 38.4 Å². The number of carbonyl (C=O) groups is 1. The first-order valence-electron chi connectivity index (χ1n) is 17.4. The van der Waals surface area contributed by atoms with E-state index in [-0.39, 0.29) is 17.7 Å². The second-order valence-corrected chi connectivity index (χ2v) is 18.0. The van der Waals surface area contributed by atoms with Gasteiger partial charge in [0.15, 0.2) is 0 Å². The number of piperidine rings is 1. The number of nitrogens with one attached hydrogen (secondary N) is 3. The Balaban J connectivity index is 1.06. The van der Waals surface area contributed by atoms with Crippen molar-refractivity contribution in [1.82, 2.24) is 15.5 Å². The second-order valence-electron chi connectivity index (χ2n) is 13.8. The van der Waals surface area contributed by atoms with E-state index in [9.17, 15) is 9.90 Å². The van der Waals surface area contributed by atoms with E-state index < -0.39 is 14.4 Å². The molecule has 0 saturated carbocycles. The van der Waals surface area contributed by atoms with E-state index in [1.165, 1.54) is 15.9 Å². The Kier molecular flexibility index (Phi) is 12.4. The van der Waals surface area contributed by atoms with Gasteiger partial charge in [-0.25, -0.2) is 4.79 Å². The third-order valence-electron chi connectivity index (χ3n) is 9.25. The number of hydrogen-bond acceptors (Lipinski definition) is 6. The predicted molar refractivity (Wildman–Crippen MR) is 202 cm³/mol. The van der Waals surface area contributed by atoms with Crippen LogP contribution >= 0.6 is 0 Å². The molecule has 9 heteroatoms. The number of ether oxygens (including phenoxy) is 1. The minimum atomic E-state index is -2.71. The van der Waals surface area contributed by atoms with E-state index in [0.29, 0.717) is 18.3 Å². The van der Waals surface area contributed by atoms with Crippen LogP contribution in [0.25, 0.3) is 0 Å². The smallest absolute Gasteiger partial charge is 0.319 e. The molecule has 1 fully saturated rings. The van der Waals surface area contributed by atoms with Crippen LogP contribution in [0.2, 0.25) is 5.04 Å². The van der Waals surface area contributed by atoms with Gasteiger partial charge in [0.25, 0.3) is 0 Å². The Morgan fingerprint density at radius 3 is 1.98 bits per heavy atom. The quantitative estimate of drug-likeness (QED) is 0.105. The molecule has 0 aliphatic carbocycles. The van der Waals surface area contributed by atoms with Gasteiger partial charge in [0.05, 0.1) is 0 Å². The summed E-state index contributed by atoms with van der Waals surface area (Å²) in [5.74, 6) is 1.50. The Hall–Kier alpha value is -4.31. The summed E-state index contributed by atoms with van der Waals surface area (Å²) < 4.78 is 13.0. The highest BCUT2D eigenvalue weighted by atomic mass is 28.4. The molecule has 0 unspecified atom stereocenters. The molecule has 1 aliphatic heterocycles. The third-order valence-corrected chi connectivity index (χ3v) is 14.2. The Labute approximate surface area is 293 Å². The Morgan fingerprint density at radius 1 is 0.857 bits per heavy atom. The van der Waals surface area contributed by atoms with E-state index in [2.05, 4.69) is 110 Å². The average Bonchev–Trinajstić information content (AvgIpc) is 3.13. The number of aliphatic hydroxyl groups is 1. The number of hydrogen-bond donors (Lipinski definition) is 4. The number of nitrogens with zero attached hydrogens (tertiary/aromatic N) is 1. The fourth-order valence-electron chi connectivity index (χ4n) is 6.57. The SMILES string of the molecule is CNC(=O)N1CCC(Nc2ccc(CCNC[C@H](O)COc3ccc(O[Si](c4ccccc4)(c4ccccc4)C(C)(C)C)cc3)cc2)CC1. The van der Waals surface area contributed by atoms with Crippen LogP contribution < -0.4 is 35.5 Å². The largest absolute Gasteiger partial charge is 0.534 e. The number of urea groups is 1. The summed E-state index contributed by atoms with van der Waals surface area (Å²) >= 11 is 0. The molecule has 49 heavy (non-hydrogen) atoms. The zero-order valence-electron chi connectivity index (χ0n) is 29.3. The lowest BCUT2D eigenvalue weighted by atomic mass is 10.0. The number of carbonyl (C=O) groups excluding carboxylic acids is 1. The van der Waals surface area contributed by atoms with Gasteiger partial charge in [-0.15, -0.1) is 0 Å². The van der Waals surface area contributed by atoms with Crippen LogP contribution in [0.5, 0.6) is 11.5 Å². The minimum Gasteiger partial charge on any atom is -0.534 e. The van der Waals surface area contributed by atoms with Crippen molar-refractivity contribution in [2.24, 2.45) is 0 Å². The highest BCUT2D eigenvalue weighted by Gasteiger charge is 2.52. The summed E-state index contributed by atoms with van der Waals surface area (Å²) in [5.41, 5.74) is 2.34. The van der Waals surface area contributed by atoms with Crippen molar-refractivity contribution < 1.29 is 19.1 Å². The number of amides is 2. The lowest BCUT2D eigenvalue weighted by Crippen LogP contribution is -2.68. The van der Waals surface area contributed by atoms with Crippen LogP contribution in [0.15, 0.2) is 109 Å². The fourth-order valence-corrected chi connectivity index (χ4v) is 11.0. The number of aliphatic hydroxyl groups excluding tert-OH is 1. The van der Waals surface area contributed by atoms with Gasteiger partial charge >= 0.3 is 14.3 Å². The normalized spacial score (nSPS) is 14.6. The van der Waals surface area contributed by atoms with Gasteiger partial charge in [-0.3, -0.25) is 0 Å². The molecule has 4 aromatic rings. The first kappa shape index (κ1) is 36.0. The lowest BCUT2D eigenvalue weighted by Gasteiger charge is -2.43. The highest BCUT2D eigenvalue weighted by molar-refractivity contribution is 7.00. The molecule has 1 heterocycles. The van der Waals surface area contributed by atoms with Crippen LogP contribution in [0, 0.1) is 0 Å². The van der Waals surface area contributed by atoms with Crippen LogP contribution in [-0.2, 0) is 6.42 Å². The molecule has 0 radical (unpaired) electrons. The maximum absolute atomic E-state index is 11.8. The van der Waals surface area contributed by atoms with Crippen LogP contribution in [0.3, 0.4) is 0 Å². The monoisotopic (exact) mass is 680 g/mol. The summed E-state index contributed by atoms with van der Waals surface area (Å²) in [7, 11) is -1.04. The van der Waals surface area contributed by atoms with E-state index in [4.69, 9.17) is 9.16 Å². The van der Waals surface area contributed by atoms with Gasteiger partial charge in [0.2, 0.25) is 0 Å². The highest BCUT2D eigenvalue weighted by Crippen LogP contribution is 2.37. The molecule has 4 N–H and O–H groups in total. The molecule has 0 spiro atoms. The first-order chi connectivity index (χ1) is 23.7. The average molecular weight is 681 g/mol. The van der Waals surface area contributed by atoms with E-state index in [1.807, 2.05) is 41.3 Å². The van der Waals surface area contributed by atoms with Gasteiger partial charge < -0.3 is 35.1 Å². The zero-order valence-corrected chi connectivity index (χ0v) is 30.3. The molecule has 1 aliphatic rings. The molecule has 5 rings (SSSR count). The molecular formula is C40H52N4O4Si. The van der Waals surface area contributed by atoms with Crippen molar-refractivity contribution in [2.75, 3.05) is 45.2 Å². The number of likely N-dealkylation sites (tertiary alicyclic amines) is 1. The first-order valence-corrected chi connectivity index (χ1v) is 19.3. The standard InChI is InChI=1S/C40H52N4O4Si/c1-40(2,3)49(37-11-7-5-8-12-37,38-13-9-6-10-14-38)48-36-21-19-35(20-22-36)47-30-34(45)29-42-26-23-31-15-17-32(18-16-31)43-33-24-27-44(28-25-33)39(46)41-4/h5-22,33-34,42-43,45H,23-30H2,1-4H3,(H,41,46)/t34-/m0/s1. The summed E-state index contributed by atoms with van der Waals surface area (Å²) in [4.78, 5) is 13.7. The minimum absolute atomic E-state index is 0.00000627. The van der Waals surface area contributed by atoms with Crippen LogP contribution in [0.4, 0.5) is 10.5 Å². The van der Waals surface area contributed by atoms with Crippen molar-refractivity contribution in [3.63, 3.8) is 0 Å². The molecule has 1 atom stereocenters. The number of rotatable bonds is 14. The van der Waals surface area contributed by atoms with Gasteiger partial charge in [-0.1, -0.05) is 93.6 Å². The lowest BCUT2D eigenvalue weighted by molar-refractivity contribution is 0.106. The third kappa shape index (κ3) is 9.44. The molecule has 0 bridgehead atoms. The van der Waals surface area contributed by atoms with Crippen molar-refractivity contribution >= 4 is 30.4 Å². The van der Waals surface area contributed by atoms with E-state index >= 15 is 0 Å². The Morgan fingerprint density at radius 2 is 1.43 bits per heavy atom. The van der Waals surface area contributed by atoms with E-state index in [0.717, 1.165) is 50.3 Å². The van der Waals surface area contributed by atoms with Crippen molar-refractivity contribution in [3.8, 4) is 11.5 Å². The molecule has 2 amide bonds. The molecule has 0 aromatic heterocycles. The summed E-state index contributed by atoms with van der Waals surface area (Å²) in [5, 5.41) is 22.6. The maximum Gasteiger partial charge on any atom is 0.319 e. The zero-order chi connectivity index (χ0) is 34.7. The molecule has 8 nitrogen and oxygen atoms in total. The summed E-state index contributed by atoms with van der Waals surface area (Å²) in [6.45, 7) is 9.74. The second kappa shape index (κ2) is 16.9. The summed E-state index contributed by atoms with van der Waals surface area (Å²) in [6.07, 6.45) is 2.11. The van der Waals surface area contributed by atoms with Gasteiger partial charge in [-0.2, -0.15) is 0 Å². The van der Waals surface area contributed by atoms with Crippen LogP contribution in [-0.4, -0.2) is 76.3 Å². The fraction of sp³-hybridized carbons (Fsp3) is 0.375. The van der Waals surface area contributed by atoms with Crippen molar-refractivity contribution in [1.29, 1.82) is 0 Å². The summed E-state index contributed by atoms with van der Waals surface area (Å²) in [6, 6.07) is 37.9. The maximum atomic E-state index is 11.8. The van der Waals surface area contributed by atoms with E-state index in [1.54, 1.807) is 7.05 Å². The molecular weight excluding hydrogens is 629 g/mol. The van der Waals surface area contributed by atoms with Crippen molar-refractivity contribution in [3.05, 3.63) is 115 Å². The molecule has 260 valence electrons. The molecule has 4 aromatic carbocycles. The Bertz CT molecular complexity index is 1530. The van der Waals surface area contributed by atoms with Gasteiger partial charge in [0.1, 0.15) is 24.2 Å². The predicted octanol–water partition coefficient (Wildman–Crippen LogP) is 5.41. The number of benzene rings is 4. The number of anilines is 1. The van der Waals surface area contributed by atoms with Crippen molar-refractivity contribution in [2.45, 2.75) is 57.2 Å². The van der Waals surface area contributed by atoms with Gasteiger partial charge in [-0.05, 0) is 83.2 Å². The topological polar surface area (TPSA) is 95.1 Å².